The van der Waals surface area contributed by atoms with E-state index < -0.39 is 16.9 Å². The van der Waals surface area contributed by atoms with Crippen LogP contribution in [0.3, 0.4) is 0 Å². The van der Waals surface area contributed by atoms with Crippen molar-refractivity contribution >= 4 is 29.3 Å². The molecule has 0 atom stereocenters. The van der Waals surface area contributed by atoms with Crippen molar-refractivity contribution in [2.45, 2.75) is 0 Å². The first-order chi connectivity index (χ1) is 12.0. The molecule has 0 saturated heterocycles. The number of nitro benzene ring substituents is 1. The minimum atomic E-state index is -0.702. The first-order valence-electron chi connectivity index (χ1n) is 7.20. The average molecular weight is 341 g/mol. The predicted molar refractivity (Wildman–Crippen MR) is 90.8 cm³/mol. The van der Waals surface area contributed by atoms with Crippen molar-refractivity contribution in [2.75, 3.05) is 14.2 Å². The van der Waals surface area contributed by atoms with E-state index >= 15 is 0 Å². The lowest BCUT2D eigenvalue weighted by Crippen LogP contribution is -2.06. The van der Waals surface area contributed by atoms with Crippen LogP contribution in [-0.2, 0) is 14.3 Å². The van der Waals surface area contributed by atoms with Crippen LogP contribution < -0.4 is 0 Å². The molecule has 0 N–H and O–H groups in total. The second-order valence-electron chi connectivity index (χ2n) is 4.94. The monoisotopic (exact) mass is 341 g/mol. The van der Waals surface area contributed by atoms with Crippen molar-refractivity contribution in [3.8, 4) is 0 Å². The van der Waals surface area contributed by atoms with E-state index in [4.69, 9.17) is 4.74 Å². The van der Waals surface area contributed by atoms with Crippen molar-refractivity contribution in [2.24, 2.45) is 0 Å². The number of esters is 2. The van der Waals surface area contributed by atoms with Crippen molar-refractivity contribution in [1.29, 1.82) is 0 Å². The molecule has 0 aliphatic rings. The number of para-hydroxylation sites is 1. The molecule has 0 unspecified atom stereocenters. The molecule has 128 valence electrons. The molecule has 25 heavy (non-hydrogen) atoms. The normalized spacial score (nSPS) is 10.9. The van der Waals surface area contributed by atoms with Crippen LogP contribution >= 0.6 is 0 Å². The quantitative estimate of drug-likeness (QED) is 0.273. The summed E-state index contributed by atoms with van der Waals surface area (Å²) in [5.74, 6) is -1.19. The third kappa shape index (κ3) is 4.08. The van der Waals surface area contributed by atoms with E-state index in [0.717, 1.165) is 0 Å². The Bertz CT molecular complexity index is 839. The smallest absolute Gasteiger partial charge is 0.338 e. The number of benzene rings is 2. The van der Waals surface area contributed by atoms with E-state index in [1.807, 2.05) is 0 Å². The Morgan fingerprint density at radius 2 is 1.64 bits per heavy atom. The lowest BCUT2D eigenvalue weighted by molar-refractivity contribution is -0.385. The Labute approximate surface area is 143 Å². The van der Waals surface area contributed by atoms with Crippen LogP contribution in [0, 0.1) is 10.1 Å². The summed E-state index contributed by atoms with van der Waals surface area (Å²) in [7, 11) is 2.48. The maximum Gasteiger partial charge on any atom is 0.338 e. The fraction of sp³-hybridized carbons (Fsp3) is 0.111. The number of ether oxygens (including phenoxy) is 2. The van der Waals surface area contributed by atoms with Crippen LogP contribution in [0.4, 0.5) is 5.69 Å². The molecule has 2 aromatic carbocycles. The van der Waals surface area contributed by atoms with Crippen LogP contribution in [0.2, 0.25) is 0 Å². The van der Waals surface area contributed by atoms with E-state index in [1.165, 1.54) is 50.6 Å². The number of nitrogens with zero attached hydrogens (tertiary/aromatic N) is 1. The van der Waals surface area contributed by atoms with Gasteiger partial charge in [0.1, 0.15) is 0 Å². The van der Waals surface area contributed by atoms with Gasteiger partial charge in [-0.15, -0.1) is 0 Å². The summed E-state index contributed by atoms with van der Waals surface area (Å²) < 4.78 is 9.37. The summed E-state index contributed by atoms with van der Waals surface area (Å²) in [6.45, 7) is 0. The highest BCUT2D eigenvalue weighted by Crippen LogP contribution is 2.28. The van der Waals surface area contributed by atoms with E-state index in [1.54, 1.807) is 18.2 Å². The highest BCUT2D eigenvalue weighted by Gasteiger charge is 2.22. The van der Waals surface area contributed by atoms with Crippen LogP contribution in [0.1, 0.15) is 21.5 Å². The number of rotatable bonds is 5. The molecule has 0 bridgehead atoms. The molecule has 2 rings (SSSR count). The first-order valence-corrected chi connectivity index (χ1v) is 7.20. The first kappa shape index (κ1) is 17.9. The molecule has 7 heteroatoms. The fourth-order valence-electron chi connectivity index (χ4n) is 2.22. The molecule has 0 aromatic heterocycles. The Morgan fingerprint density at radius 3 is 2.20 bits per heavy atom. The second kappa shape index (κ2) is 7.87. The van der Waals surface area contributed by atoms with Crippen molar-refractivity contribution in [1.82, 2.24) is 0 Å². The van der Waals surface area contributed by atoms with E-state index in [2.05, 4.69) is 4.74 Å². The molecule has 0 aliphatic carbocycles. The Balaban J connectivity index is 2.52. The molecular weight excluding hydrogens is 326 g/mol. The van der Waals surface area contributed by atoms with Crippen LogP contribution in [-0.4, -0.2) is 31.1 Å². The molecule has 0 aliphatic heterocycles. The second-order valence-corrected chi connectivity index (χ2v) is 4.94. The highest BCUT2D eigenvalue weighted by molar-refractivity contribution is 6.22. The van der Waals surface area contributed by atoms with Crippen molar-refractivity contribution < 1.29 is 24.0 Å². The van der Waals surface area contributed by atoms with Gasteiger partial charge in [-0.3, -0.25) is 10.1 Å². The Kier molecular flexibility index (Phi) is 5.62. The lowest BCUT2D eigenvalue weighted by Gasteiger charge is -2.07. The number of methoxy groups -OCH3 is 2. The highest BCUT2D eigenvalue weighted by atomic mass is 16.6. The topological polar surface area (TPSA) is 95.7 Å². The van der Waals surface area contributed by atoms with Crippen LogP contribution in [0.5, 0.6) is 0 Å². The van der Waals surface area contributed by atoms with E-state index in [9.17, 15) is 19.7 Å². The minimum Gasteiger partial charge on any atom is -0.465 e. The molecular formula is C18H15NO6. The van der Waals surface area contributed by atoms with Gasteiger partial charge in [0, 0.05) is 6.07 Å². The van der Waals surface area contributed by atoms with Gasteiger partial charge in [0.05, 0.1) is 35.8 Å². The summed E-state index contributed by atoms with van der Waals surface area (Å²) in [6.07, 6.45) is 1.47. The number of hydrogen-bond donors (Lipinski definition) is 0. The summed E-state index contributed by atoms with van der Waals surface area (Å²) in [5, 5.41) is 11.2. The van der Waals surface area contributed by atoms with Gasteiger partial charge < -0.3 is 9.47 Å². The third-order valence-corrected chi connectivity index (χ3v) is 3.44. The largest absolute Gasteiger partial charge is 0.465 e. The number of nitro groups is 1. The maximum absolute atomic E-state index is 12.1. The summed E-state index contributed by atoms with van der Waals surface area (Å²) in [5.41, 5.74) is 0.915. The zero-order valence-electron chi connectivity index (χ0n) is 13.6. The molecule has 2 aromatic rings. The van der Waals surface area contributed by atoms with Crippen molar-refractivity contribution in [3.63, 3.8) is 0 Å². The van der Waals surface area contributed by atoms with Gasteiger partial charge in [0.2, 0.25) is 0 Å². The average Bonchev–Trinajstić information content (AvgIpc) is 2.65. The number of hydrogen-bond acceptors (Lipinski definition) is 6. The lowest BCUT2D eigenvalue weighted by atomic mass is 10.0. The van der Waals surface area contributed by atoms with Gasteiger partial charge in [-0.05, 0) is 29.8 Å². The van der Waals surface area contributed by atoms with E-state index in [-0.39, 0.29) is 16.8 Å². The van der Waals surface area contributed by atoms with Crippen LogP contribution in [0.15, 0.2) is 48.5 Å². The maximum atomic E-state index is 12.1. The van der Waals surface area contributed by atoms with Gasteiger partial charge in [-0.2, -0.15) is 0 Å². The fourth-order valence-corrected chi connectivity index (χ4v) is 2.22. The van der Waals surface area contributed by atoms with Gasteiger partial charge >= 0.3 is 11.9 Å². The molecule has 0 spiro atoms. The molecule has 0 fully saturated rings. The van der Waals surface area contributed by atoms with E-state index in [0.29, 0.717) is 11.1 Å². The Morgan fingerprint density at radius 1 is 1.00 bits per heavy atom. The van der Waals surface area contributed by atoms with Gasteiger partial charge in [-0.1, -0.05) is 24.3 Å². The van der Waals surface area contributed by atoms with Gasteiger partial charge in [0.15, 0.2) is 0 Å². The number of carbonyl (C=O) groups is 2. The van der Waals surface area contributed by atoms with Crippen molar-refractivity contribution in [3.05, 3.63) is 75.3 Å². The molecule has 0 amide bonds. The zero-order valence-corrected chi connectivity index (χ0v) is 13.6. The summed E-state index contributed by atoms with van der Waals surface area (Å²) >= 11 is 0. The predicted octanol–water partition coefficient (Wildman–Crippen LogP) is 3.10. The SMILES string of the molecule is COC(=O)/C(=C\c1ccc(C(=O)OC)cc1)c1ccccc1[N+](=O)[O-]. The molecule has 0 radical (unpaired) electrons. The number of carbonyl (C=O) groups excluding carboxylic acids is 2. The molecule has 7 nitrogen and oxygen atoms in total. The zero-order chi connectivity index (χ0) is 18.4. The van der Waals surface area contributed by atoms with Gasteiger partial charge in [0.25, 0.3) is 5.69 Å². The Hall–Kier alpha value is -3.48. The summed E-state index contributed by atoms with van der Waals surface area (Å²) in [6, 6.07) is 12.2. The molecule has 0 heterocycles. The minimum absolute atomic E-state index is 0.0422. The molecule has 0 saturated carbocycles. The third-order valence-electron chi connectivity index (χ3n) is 3.44. The standard InChI is InChI=1S/C18H15NO6/c1-24-17(20)13-9-7-12(8-10-13)11-15(18(21)25-2)14-5-3-4-6-16(14)19(22)23/h3-11H,1-2H3/b15-11-. The van der Waals surface area contributed by atoms with Crippen LogP contribution in [0.25, 0.3) is 11.6 Å². The summed E-state index contributed by atoms with van der Waals surface area (Å²) in [4.78, 5) is 34.2. The van der Waals surface area contributed by atoms with Gasteiger partial charge in [-0.25, -0.2) is 9.59 Å².